The average Bonchev–Trinajstić information content (AvgIpc) is 3.26. The van der Waals surface area contributed by atoms with Crippen LogP contribution in [0.5, 0.6) is 0 Å². The maximum atomic E-state index is 13.4. The van der Waals surface area contributed by atoms with Crippen molar-refractivity contribution < 1.29 is 18.3 Å². The molecule has 12 heteroatoms. The Morgan fingerprint density at radius 2 is 2.09 bits per heavy atom. The van der Waals surface area contributed by atoms with Crippen LogP contribution in [-0.2, 0) is 4.74 Å². The van der Waals surface area contributed by atoms with Crippen LogP contribution in [0.3, 0.4) is 0 Å². The van der Waals surface area contributed by atoms with Gasteiger partial charge in [-0.2, -0.15) is 10.1 Å². The highest BCUT2D eigenvalue weighted by Crippen LogP contribution is 2.27. The van der Waals surface area contributed by atoms with Crippen molar-refractivity contribution in [1.82, 2.24) is 29.5 Å². The molecule has 4 rings (SSSR count). The lowest BCUT2D eigenvalue weighted by Crippen LogP contribution is -2.34. The molecular formula is C21H28F2N8O2. The number of halogens is 2. The molecule has 0 aliphatic carbocycles. The second-order valence-corrected chi connectivity index (χ2v) is 8.15. The Bertz CT molecular complexity index is 975. The van der Waals surface area contributed by atoms with E-state index in [1.54, 1.807) is 12.3 Å². The summed E-state index contributed by atoms with van der Waals surface area (Å²) in [5, 5.41) is 10.4. The van der Waals surface area contributed by atoms with E-state index in [2.05, 4.69) is 37.6 Å². The second kappa shape index (κ2) is 10.6. The molecule has 1 saturated heterocycles. The van der Waals surface area contributed by atoms with E-state index in [4.69, 9.17) is 4.74 Å². The molecule has 0 unspecified atom stereocenters. The summed E-state index contributed by atoms with van der Waals surface area (Å²) in [6.07, 6.45) is 7.25. The number of cyclic esters (lactones) is 1. The number of likely N-dealkylation sites (tertiary alicyclic amines) is 1. The monoisotopic (exact) mass is 462 g/mol. The number of rotatable bonds is 9. The van der Waals surface area contributed by atoms with Crippen molar-refractivity contribution in [2.75, 3.05) is 50.4 Å². The van der Waals surface area contributed by atoms with Gasteiger partial charge in [0.25, 0.3) is 6.43 Å². The zero-order chi connectivity index (χ0) is 23.2. The molecule has 178 valence electrons. The molecule has 10 nitrogen and oxygen atoms in total. The van der Waals surface area contributed by atoms with Crippen LogP contribution in [0.4, 0.5) is 31.0 Å². The van der Waals surface area contributed by atoms with Crippen molar-refractivity contribution in [1.29, 1.82) is 0 Å². The third-order valence-electron chi connectivity index (χ3n) is 5.72. The molecule has 4 heterocycles. The number of aromatic nitrogens is 4. The Hall–Kier alpha value is -3.28. The molecule has 0 atom stereocenters. The predicted octanol–water partition coefficient (Wildman–Crippen LogP) is 3.39. The summed E-state index contributed by atoms with van der Waals surface area (Å²) in [5.41, 5.74) is 0.421. The molecule has 2 aromatic heterocycles. The Kier molecular flexibility index (Phi) is 7.33. The number of ether oxygens (including phenoxy) is 1. The van der Waals surface area contributed by atoms with Gasteiger partial charge in [0.1, 0.15) is 5.82 Å². The Labute approximate surface area is 190 Å². The maximum absolute atomic E-state index is 13.4. The standard InChI is InChI=1S/C21H28F2N8O2/c1-29-9-4-16(5-10-29)31-14-15(12-26-31)27-20-25-13-17(18(22)23)19(28-20)24-6-2-7-30-8-3-11-33-21(30)32/h3,11-14,16,18H,2,4-10H2,1H3,(H2,24,25,27,28). The topological polar surface area (TPSA) is 100 Å². The van der Waals surface area contributed by atoms with E-state index in [1.165, 1.54) is 11.2 Å². The summed E-state index contributed by atoms with van der Waals surface area (Å²) in [6, 6.07) is 0.337. The van der Waals surface area contributed by atoms with Crippen LogP contribution in [0.1, 0.15) is 37.3 Å². The van der Waals surface area contributed by atoms with E-state index in [-0.39, 0.29) is 17.3 Å². The SMILES string of the molecule is CN1CCC(n2cc(Nc3ncc(C(F)F)c(NCCCN4CC=COC4=O)n3)cn2)CC1. The lowest BCUT2D eigenvalue weighted by molar-refractivity contribution is 0.133. The minimum Gasteiger partial charge on any atom is -0.418 e. The average molecular weight is 463 g/mol. The van der Waals surface area contributed by atoms with Crippen LogP contribution in [0, 0.1) is 0 Å². The molecule has 0 bridgehead atoms. The van der Waals surface area contributed by atoms with Gasteiger partial charge in [-0.05, 0) is 45.5 Å². The Balaban J connectivity index is 1.35. The van der Waals surface area contributed by atoms with Crippen molar-refractivity contribution in [3.05, 3.63) is 36.5 Å². The third-order valence-corrected chi connectivity index (χ3v) is 5.72. The number of amides is 1. The van der Waals surface area contributed by atoms with E-state index in [1.807, 2.05) is 10.9 Å². The molecule has 2 N–H and O–H groups in total. The van der Waals surface area contributed by atoms with Gasteiger partial charge in [0.2, 0.25) is 5.95 Å². The number of carbonyl (C=O) groups excluding carboxylic acids is 1. The van der Waals surface area contributed by atoms with E-state index >= 15 is 0 Å². The first-order chi connectivity index (χ1) is 16.0. The minimum absolute atomic E-state index is 0.0614. The highest BCUT2D eigenvalue weighted by atomic mass is 19.3. The summed E-state index contributed by atoms with van der Waals surface area (Å²) in [4.78, 5) is 23.7. The minimum atomic E-state index is -2.71. The third kappa shape index (κ3) is 5.95. The fourth-order valence-electron chi connectivity index (χ4n) is 3.83. The van der Waals surface area contributed by atoms with E-state index in [9.17, 15) is 13.6 Å². The summed E-state index contributed by atoms with van der Waals surface area (Å²) >= 11 is 0. The number of piperidine rings is 1. The van der Waals surface area contributed by atoms with Gasteiger partial charge in [-0.3, -0.25) is 4.68 Å². The maximum Gasteiger partial charge on any atom is 0.414 e. The summed E-state index contributed by atoms with van der Waals surface area (Å²) in [7, 11) is 2.11. The molecule has 1 fully saturated rings. The molecule has 0 radical (unpaired) electrons. The zero-order valence-electron chi connectivity index (χ0n) is 18.5. The van der Waals surface area contributed by atoms with Gasteiger partial charge >= 0.3 is 6.09 Å². The zero-order valence-corrected chi connectivity index (χ0v) is 18.5. The Morgan fingerprint density at radius 1 is 1.27 bits per heavy atom. The quantitative estimate of drug-likeness (QED) is 0.547. The van der Waals surface area contributed by atoms with E-state index < -0.39 is 12.5 Å². The summed E-state index contributed by atoms with van der Waals surface area (Å²) in [6.45, 7) is 3.31. The van der Waals surface area contributed by atoms with Gasteiger partial charge < -0.3 is 25.2 Å². The fraction of sp³-hybridized carbons (Fsp3) is 0.524. The van der Waals surface area contributed by atoms with Crippen molar-refractivity contribution in [2.24, 2.45) is 0 Å². The number of hydrogen-bond acceptors (Lipinski definition) is 8. The normalized spacial score (nSPS) is 17.5. The van der Waals surface area contributed by atoms with Crippen molar-refractivity contribution in [2.45, 2.75) is 31.7 Å². The second-order valence-electron chi connectivity index (χ2n) is 8.15. The van der Waals surface area contributed by atoms with Crippen LogP contribution in [0.15, 0.2) is 30.9 Å². The van der Waals surface area contributed by atoms with E-state index in [0.29, 0.717) is 37.8 Å². The van der Waals surface area contributed by atoms with Gasteiger partial charge in [0.15, 0.2) is 0 Å². The molecule has 0 saturated carbocycles. The molecule has 0 aromatic carbocycles. The Morgan fingerprint density at radius 3 is 2.85 bits per heavy atom. The largest absolute Gasteiger partial charge is 0.418 e. The van der Waals surface area contributed by atoms with Gasteiger partial charge in [0.05, 0.1) is 29.8 Å². The molecule has 1 amide bonds. The first kappa shape index (κ1) is 22.9. The van der Waals surface area contributed by atoms with Gasteiger partial charge in [-0.15, -0.1) is 0 Å². The number of nitrogens with one attached hydrogen (secondary N) is 2. The number of anilines is 3. The predicted molar refractivity (Wildman–Crippen MR) is 119 cm³/mol. The van der Waals surface area contributed by atoms with Crippen LogP contribution in [0.25, 0.3) is 0 Å². The summed E-state index contributed by atoms with van der Waals surface area (Å²) in [5.74, 6) is 0.265. The van der Waals surface area contributed by atoms with Crippen molar-refractivity contribution in [3.8, 4) is 0 Å². The molecule has 2 aliphatic rings. The first-order valence-corrected chi connectivity index (χ1v) is 11.0. The molecule has 2 aliphatic heterocycles. The van der Waals surface area contributed by atoms with Crippen LogP contribution in [-0.4, -0.2) is 75.4 Å². The van der Waals surface area contributed by atoms with Crippen molar-refractivity contribution >= 4 is 23.5 Å². The van der Waals surface area contributed by atoms with Crippen LogP contribution >= 0.6 is 0 Å². The first-order valence-electron chi connectivity index (χ1n) is 11.0. The molecule has 33 heavy (non-hydrogen) atoms. The molecule has 0 spiro atoms. The highest BCUT2D eigenvalue weighted by Gasteiger charge is 2.20. The smallest absolute Gasteiger partial charge is 0.414 e. The number of alkyl halides is 2. The summed E-state index contributed by atoms with van der Waals surface area (Å²) < 4.78 is 33.6. The van der Waals surface area contributed by atoms with E-state index in [0.717, 1.165) is 32.1 Å². The fourth-order valence-corrected chi connectivity index (χ4v) is 3.83. The van der Waals surface area contributed by atoms with Gasteiger partial charge in [0, 0.05) is 32.0 Å². The highest BCUT2D eigenvalue weighted by molar-refractivity contribution is 5.69. The molecular weight excluding hydrogens is 434 g/mol. The van der Waals surface area contributed by atoms with Crippen LogP contribution < -0.4 is 10.6 Å². The van der Waals surface area contributed by atoms with Gasteiger partial charge in [-0.1, -0.05) is 0 Å². The molecule has 2 aromatic rings. The van der Waals surface area contributed by atoms with Gasteiger partial charge in [-0.25, -0.2) is 18.6 Å². The lowest BCUT2D eigenvalue weighted by atomic mass is 10.1. The number of carbonyl (C=O) groups is 1. The van der Waals surface area contributed by atoms with Crippen LogP contribution in [0.2, 0.25) is 0 Å². The number of hydrogen-bond donors (Lipinski definition) is 2. The lowest BCUT2D eigenvalue weighted by Gasteiger charge is -2.28. The number of nitrogens with zero attached hydrogens (tertiary/aromatic N) is 6. The van der Waals surface area contributed by atoms with Crippen molar-refractivity contribution in [3.63, 3.8) is 0 Å².